The summed E-state index contributed by atoms with van der Waals surface area (Å²) in [4.78, 5) is 21.8. The second-order valence-electron chi connectivity index (χ2n) is 3.43. The van der Waals surface area contributed by atoms with Gasteiger partial charge >= 0.3 is 6.98 Å². The van der Waals surface area contributed by atoms with Gasteiger partial charge in [-0.1, -0.05) is 18.2 Å². The fraction of sp³-hybridized carbons (Fsp3) is 0.111. The molecule has 0 spiro atoms. The Kier molecular flexibility index (Phi) is 3.45. The Morgan fingerprint density at radius 3 is 2.29 bits per heavy atom. The van der Waals surface area contributed by atoms with E-state index in [0.29, 0.717) is 6.07 Å². The topological polar surface area (TPSA) is 72.2 Å². The van der Waals surface area contributed by atoms with Crippen LogP contribution < -0.4 is 16.5 Å². The van der Waals surface area contributed by atoms with Gasteiger partial charge in [-0.25, -0.2) is 0 Å². The van der Waals surface area contributed by atoms with E-state index in [1.807, 2.05) is 0 Å². The molecular formula is C9H9BF3N2O2-. The van der Waals surface area contributed by atoms with E-state index < -0.39 is 24.3 Å². The maximum absolute atomic E-state index is 12.5. The van der Waals surface area contributed by atoms with Crippen LogP contribution in [0.3, 0.4) is 0 Å². The molecule has 4 nitrogen and oxygen atoms in total. The van der Waals surface area contributed by atoms with Gasteiger partial charge in [-0.3, -0.25) is 9.59 Å². The molecule has 0 aliphatic rings. The lowest BCUT2D eigenvalue weighted by Gasteiger charge is -2.17. The van der Waals surface area contributed by atoms with Crippen molar-refractivity contribution in [2.75, 3.05) is 5.32 Å². The van der Waals surface area contributed by atoms with Crippen molar-refractivity contribution < 1.29 is 22.5 Å². The van der Waals surface area contributed by atoms with Gasteiger partial charge in [0.1, 0.15) is 0 Å². The van der Waals surface area contributed by atoms with E-state index in [9.17, 15) is 22.5 Å². The maximum atomic E-state index is 12.5. The first-order chi connectivity index (χ1) is 7.71. The minimum atomic E-state index is -5.19. The number of carbonyl (C=O) groups is 2. The van der Waals surface area contributed by atoms with Crippen molar-refractivity contribution in [3.05, 3.63) is 23.8 Å². The molecule has 0 saturated heterocycles. The van der Waals surface area contributed by atoms with E-state index in [-0.39, 0.29) is 11.3 Å². The van der Waals surface area contributed by atoms with E-state index >= 15 is 0 Å². The van der Waals surface area contributed by atoms with Crippen LogP contribution in [-0.4, -0.2) is 18.8 Å². The van der Waals surface area contributed by atoms with Crippen molar-refractivity contribution in [1.29, 1.82) is 0 Å². The van der Waals surface area contributed by atoms with Gasteiger partial charge < -0.3 is 24.0 Å². The van der Waals surface area contributed by atoms with Crippen LogP contribution in [0, 0.1) is 0 Å². The van der Waals surface area contributed by atoms with Crippen LogP contribution in [0.25, 0.3) is 0 Å². The molecule has 1 aromatic carbocycles. The predicted octanol–water partition coefficient (Wildman–Crippen LogP) is 0.798. The van der Waals surface area contributed by atoms with Gasteiger partial charge in [-0.2, -0.15) is 0 Å². The molecule has 0 aliphatic carbocycles. The Labute approximate surface area is 95.0 Å². The summed E-state index contributed by atoms with van der Waals surface area (Å²) in [5.74, 6) is -1.49. The van der Waals surface area contributed by atoms with Crippen molar-refractivity contribution in [2.24, 2.45) is 5.73 Å². The van der Waals surface area contributed by atoms with Gasteiger partial charge in [0.15, 0.2) is 0 Å². The molecule has 2 amide bonds. The predicted molar refractivity (Wildman–Crippen MR) is 58.0 cm³/mol. The number of carbonyl (C=O) groups excluding carboxylic acids is 2. The van der Waals surface area contributed by atoms with E-state index in [4.69, 9.17) is 5.73 Å². The number of primary amides is 1. The largest absolute Gasteiger partial charge is 0.509 e. The maximum Gasteiger partial charge on any atom is 0.509 e. The SMILES string of the molecule is CC(=O)Nc1cc([B-](F)(F)F)ccc1C(N)=O. The molecule has 92 valence electrons. The minimum Gasteiger partial charge on any atom is -0.445 e. The Morgan fingerprint density at radius 2 is 1.88 bits per heavy atom. The van der Waals surface area contributed by atoms with Crippen molar-refractivity contribution in [1.82, 2.24) is 0 Å². The Balaban J connectivity index is 3.29. The van der Waals surface area contributed by atoms with Crippen LogP contribution in [0.5, 0.6) is 0 Å². The van der Waals surface area contributed by atoms with Crippen LogP contribution in [0.15, 0.2) is 18.2 Å². The molecule has 0 heterocycles. The first-order valence-electron chi connectivity index (χ1n) is 4.63. The van der Waals surface area contributed by atoms with Gasteiger partial charge in [-0.05, 0) is 0 Å². The highest BCUT2D eigenvalue weighted by atomic mass is 19.4. The Bertz CT molecular complexity index is 474. The number of nitrogens with one attached hydrogen (secondary N) is 1. The third-order valence-corrected chi connectivity index (χ3v) is 2.00. The third kappa shape index (κ3) is 3.23. The van der Waals surface area contributed by atoms with E-state index in [2.05, 4.69) is 5.32 Å². The van der Waals surface area contributed by atoms with Gasteiger partial charge in [0.2, 0.25) is 5.91 Å². The molecule has 0 saturated carbocycles. The molecule has 0 aliphatic heterocycles. The summed E-state index contributed by atoms with van der Waals surface area (Å²) >= 11 is 0. The van der Waals surface area contributed by atoms with Crippen LogP contribution in [0.4, 0.5) is 18.6 Å². The van der Waals surface area contributed by atoms with Crippen LogP contribution >= 0.6 is 0 Å². The Hall–Kier alpha value is -1.99. The van der Waals surface area contributed by atoms with E-state index in [1.165, 1.54) is 0 Å². The summed E-state index contributed by atoms with van der Waals surface area (Å²) in [5.41, 5.74) is 3.68. The van der Waals surface area contributed by atoms with E-state index in [0.717, 1.165) is 19.1 Å². The van der Waals surface area contributed by atoms with Crippen molar-refractivity contribution in [2.45, 2.75) is 6.92 Å². The molecule has 0 fully saturated rings. The number of benzene rings is 1. The van der Waals surface area contributed by atoms with Crippen molar-refractivity contribution >= 4 is 29.9 Å². The fourth-order valence-electron chi connectivity index (χ4n) is 1.27. The molecule has 0 bridgehead atoms. The normalized spacial score (nSPS) is 11.1. The summed E-state index contributed by atoms with van der Waals surface area (Å²) in [6.07, 6.45) is 0. The number of hydrogen-bond donors (Lipinski definition) is 2. The lowest BCUT2D eigenvalue weighted by atomic mass is 9.79. The molecule has 0 unspecified atom stereocenters. The molecule has 1 aromatic rings. The quantitative estimate of drug-likeness (QED) is 0.773. The van der Waals surface area contributed by atoms with Crippen molar-refractivity contribution in [3.8, 4) is 0 Å². The highest BCUT2D eigenvalue weighted by Crippen LogP contribution is 2.17. The average molecular weight is 245 g/mol. The van der Waals surface area contributed by atoms with Gasteiger partial charge in [0.05, 0.1) is 11.3 Å². The molecule has 8 heteroatoms. The summed E-state index contributed by atoms with van der Waals surface area (Å²) in [7, 11) is 0. The third-order valence-electron chi connectivity index (χ3n) is 2.00. The number of rotatable bonds is 3. The zero-order valence-corrected chi connectivity index (χ0v) is 8.84. The number of hydrogen-bond acceptors (Lipinski definition) is 2. The molecule has 17 heavy (non-hydrogen) atoms. The summed E-state index contributed by atoms with van der Waals surface area (Å²) < 4.78 is 37.4. The highest BCUT2D eigenvalue weighted by Gasteiger charge is 2.26. The number of amides is 2. The van der Waals surface area contributed by atoms with Gasteiger partial charge in [-0.15, -0.1) is 5.46 Å². The molecule has 0 atom stereocenters. The monoisotopic (exact) mass is 245 g/mol. The molecule has 0 aromatic heterocycles. The number of nitrogens with two attached hydrogens (primary N) is 1. The van der Waals surface area contributed by atoms with Gasteiger partial charge in [0, 0.05) is 6.92 Å². The van der Waals surface area contributed by atoms with E-state index in [1.54, 1.807) is 0 Å². The summed E-state index contributed by atoms with van der Waals surface area (Å²) in [5, 5.41) is 2.14. The first kappa shape index (κ1) is 13.1. The average Bonchev–Trinajstić information content (AvgIpc) is 2.14. The summed E-state index contributed by atoms with van der Waals surface area (Å²) in [6.45, 7) is -4.07. The lowest BCUT2D eigenvalue weighted by molar-refractivity contribution is -0.114. The second kappa shape index (κ2) is 4.48. The second-order valence-corrected chi connectivity index (χ2v) is 3.43. The number of anilines is 1. The summed E-state index contributed by atoms with van der Waals surface area (Å²) in [6, 6.07) is 2.39. The standard InChI is InChI=1S/C9H9BF3N2O2/c1-5(16)15-8-4-6(10(11,12)13)2-3-7(8)9(14)17/h2-4H,1H3,(H2,14,17)(H,15,16)/q-1. The van der Waals surface area contributed by atoms with Crippen LogP contribution in [0.2, 0.25) is 0 Å². The van der Waals surface area contributed by atoms with Crippen molar-refractivity contribution in [3.63, 3.8) is 0 Å². The smallest absolute Gasteiger partial charge is 0.445 e. The highest BCUT2D eigenvalue weighted by molar-refractivity contribution is 6.73. The van der Waals surface area contributed by atoms with Gasteiger partial charge in [0.25, 0.3) is 5.91 Å². The first-order valence-corrected chi connectivity index (χ1v) is 4.63. The minimum absolute atomic E-state index is 0.163. The molecular weight excluding hydrogens is 236 g/mol. The van der Waals surface area contributed by atoms with Crippen LogP contribution in [-0.2, 0) is 4.79 Å². The van der Waals surface area contributed by atoms with Crippen LogP contribution in [0.1, 0.15) is 17.3 Å². The zero-order valence-electron chi connectivity index (χ0n) is 8.84. The zero-order chi connectivity index (χ0) is 13.2. The molecule has 3 N–H and O–H groups in total. The molecule has 1 rings (SSSR count). The fourth-order valence-corrected chi connectivity index (χ4v) is 1.27. The Morgan fingerprint density at radius 1 is 1.29 bits per heavy atom. The lowest BCUT2D eigenvalue weighted by Crippen LogP contribution is -2.34. The number of halogens is 3. The molecule has 0 radical (unpaired) electrons.